The van der Waals surface area contributed by atoms with E-state index >= 15 is 0 Å². The van der Waals surface area contributed by atoms with E-state index in [1.54, 1.807) is 17.0 Å². The maximum atomic E-state index is 13.1. The molecule has 32 heavy (non-hydrogen) atoms. The highest BCUT2D eigenvalue weighted by atomic mass is 16.5. The van der Waals surface area contributed by atoms with Crippen LogP contribution >= 0.6 is 0 Å². The Morgan fingerprint density at radius 3 is 2.59 bits per heavy atom. The summed E-state index contributed by atoms with van der Waals surface area (Å²) in [6.07, 6.45) is 3.96. The number of aryl methyl sites for hydroxylation is 1. The topological polar surface area (TPSA) is 71.8 Å². The summed E-state index contributed by atoms with van der Waals surface area (Å²) < 4.78 is 10.9. The molecule has 0 aliphatic carbocycles. The highest BCUT2D eigenvalue weighted by molar-refractivity contribution is 6.04. The van der Waals surface area contributed by atoms with Crippen LogP contribution in [-0.2, 0) is 22.5 Å². The summed E-state index contributed by atoms with van der Waals surface area (Å²) in [7, 11) is 0. The van der Waals surface area contributed by atoms with Crippen molar-refractivity contribution >= 4 is 17.5 Å². The number of anilines is 1. The van der Waals surface area contributed by atoms with Gasteiger partial charge < -0.3 is 19.4 Å². The number of hydrogen-bond donors (Lipinski definition) is 1. The Morgan fingerprint density at radius 1 is 1.06 bits per heavy atom. The minimum Gasteiger partial charge on any atom is -0.459 e. The summed E-state index contributed by atoms with van der Waals surface area (Å²) in [5.74, 6) is 0.0466. The van der Waals surface area contributed by atoms with Crippen LogP contribution in [0.4, 0.5) is 5.69 Å². The highest BCUT2D eigenvalue weighted by Crippen LogP contribution is 2.22. The van der Waals surface area contributed by atoms with Crippen LogP contribution in [0.5, 0.6) is 0 Å². The van der Waals surface area contributed by atoms with Gasteiger partial charge >= 0.3 is 0 Å². The van der Waals surface area contributed by atoms with Gasteiger partial charge in [-0.15, -0.1) is 0 Å². The van der Waals surface area contributed by atoms with Gasteiger partial charge in [0.1, 0.15) is 0 Å². The summed E-state index contributed by atoms with van der Waals surface area (Å²) >= 11 is 0. The van der Waals surface area contributed by atoms with Crippen LogP contribution in [0.1, 0.15) is 40.1 Å². The second-order valence-corrected chi connectivity index (χ2v) is 8.14. The van der Waals surface area contributed by atoms with Gasteiger partial charge in [-0.2, -0.15) is 0 Å². The van der Waals surface area contributed by atoms with Gasteiger partial charge in [0.25, 0.3) is 5.91 Å². The number of nitrogens with one attached hydrogen (secondary N) is 1. The Kier molecular flexibility index (Phi) is 7.02. The molecule has 1 aliphatic heterocycles. The molecule has 0 radical (unpaired) electrons. The average Bonchev–Trinajstić information content (AvgIpc) is 3.51. The number of furan rings is 1. The minimum absolute atomic E-state index is 0.0310. The quantitative estimate of drug-likeness (QED) is 0.577. The SMILES string of the molecule is Cc1cccc(CN(C(=O)c2ccco2)c2ccc(CC(=O)NCC3CCCO3)cc2)c1. The maximum Gasteiger partial charge on any atom is 0.294 e. The van der Waals surface area contributed by atoms with E-state index in [4.69, 9.17) is 9.15 Å². The van der Waals surface area contributed by atoms with Crippen LogP contribution in [0.25, 0.3) is 0 Å². The van der Waals surface area contributed by atoms with Crippen LogP contribution in [0.2, 0.25) is 0 Å². The van der Waals surface area contributed by atoms with Crippen molar-refractivity contribution in [2.45, 2.75) is 38.8 Å². The number of ether oxygens (including phenoxy) is 1. The molecule has 6 heteroatoms. The summed E-state index contributed by atoms with van der Waals surface area (Å²) in [6.45, 7) is 3.78. The van der Waals surface area contributed by atoms with Gasteiger partial charge in [-0.3, -0.25) is 9.59 Å². The molecule has 1 fully saturated rings. The van der Waals surface area contributed by atoms with Gasteiger partial charge in [0.2, 0.25) is 5.91 Å². The first-order valence-corrected chi connectivity index (χ1v) is 11.0. The van der Waals surface area contributed by atoms with Crippen molar-refractivity contribution in [3.63, 3.8) is 0 Å². The fourth-order valence-electron chi connectivity index (χ4n) is 3.88. The zero-order chi connectivity index (χ0) is 22.3. The van der Waals surface area contributed by atoms with E-state index in [1.807, 2.05) is 49.4 Å². The van der Waals surface area contributed by atoms with Gasteiger partial charge in [0, 0.05) is 18.8 Å². The smallest absolute Gasteiger partial charge is 0.294 e. The van der Waals surface area contributed by atoms with Gasteiger partial charge in [0.15, 0.2) is 5.76 Å². The molecular formula is C26H28N2O4. The van der Waals surface area contributed by atoms with Gasteiger partial charge in [-0.25, -0.2) is 0 Å². The second kappa shape index (κ2) is 10.3. The average molecular weight is 433 g/mol. The molecule has 1 saturated heterocycles. The molecule has 1 aromatic heterocycles. The third-order valence-electron chi connectivity index (χ3n) is 5.56. The Bertz CT molecular complexity index is 1040. The molecule has 1 aliphatic rings. The van der Waals surface area contributed by atoms with Gasteiger partial charge in [-0.05, 0) is 55.2 Å². The number of amides is 2. The monoisotopic (exact) mass is 432 g/mol. The number of benzene rings is 2. The fourth-order valence-corrected chi connectivity index (χ4v) is 3.88. The van der Waals surface area contributed by atoms with E-state index in [0.29, 0.717) is 13.1 Å². The van der Waals surface area contributed by atoms with E-state index in [2.05, 4.69) is 11.4 Å². The zero-order valence-electron chi connectivity index (χ0n) is 18.3. The number of nitrogens with zero attached hydrogens (tertiary/aromatic N) is 1. The molecule has 1 atom stereocenters. The second-order valence-electron chi connectivity index (χ2n) is 8.14. The van der Waals surface area contributed by atoms with E-state index < -0.39 is 0 Å². The minimum atomic E-state index is -0.210. The third kappa shape index (κ3) is 5.65. The van der Waals surface area contributed by atoms with E-state index in [9.17, 15) is 9.59 Å². The summed E-state index contributed by atoms with van der Waals surface area (Å²) in [6, 6.07) is 19.0. The lowest BCUT2D eigenvalue weighted by molar-refractivity contribution is -0.120. The molecule has 1 unspecified atom stereocenters. The van der Waals surface area contributed by atoms with Crippen LogP contribution in [0, 0.1) is 6.92 Å². The first kappa shape index (κ1) is 21.8. The molecule has 2 amide bonds. The fraction of sp³-hybridized carbons (Fsp3) is 0.308. The number of carbonyl (C=O) groups is 2. The number of rotatable bonds is 8. The lowest BCUT2D eigenvalue weighted by Gasteiger charge is -2.22. The van der Waals surface area contributed by atoms with Crippen molar-refractivity contribution in [1.29, 1.82) is 0 Å². The summed E-state index contributed by atoms with van der Waals surface area (Å²) in [4.78, 5) is 27.1. The lowest BCUT2D eigenvalue weighted by atomic mass is 10.1. The molecule has 1 N–H and O–H groups in total. The molecule has 0 saturated carbocycles. The molecular weight excluding hydrogens is 404 g/mol. The largest absolute Gasteiger partial charge is 0.459 e. The number of hydrogen-bond acceptors (Lipinski definition) is 4. The Hall–Kier alpha value is -3.38. The molecule has 6 nitrogen and oxygen atoms in total. The van der Waals surface area contributed by atoms with Gasteiger partial charge in [-0.1, -0.05) is 42.0 Å². The summed E-state index contributed by atoms with van der Waals surface area (Å²) in [5.41, 5.74) is 3.80. The van der Waals surface area contributed by atoms with Crippen molar-refractivity contribution in [1.82, 2.24) is 5.32 Å². The predicted octanol–water partition coefficient (Wildman–Crippen LogP) is 4.27. The van der Waals surface area contributed by atoms with Crippen LogP contribution in [0.15, 0.2) is 71.3 Å². The Morgan fingerprint density at radius 2 is 1.91 bits per heavy atom. The van der Waals surface area contributed by atoms with Crippen LogP contribution < -0.4 is 10.2 Å². The zero-order valence-corrected chi connectivity index (χ0v) is 18.3. The van der Waals surface area contributed by atoms with Gasteiger partial charge in [0.05, 0.1) is 25.3 Å². The first-order chi connectivity index (χ1) is 15.6. The molecule has 2 heterocycles. The van der Waals surface area contributed by atoms with E-state index in [0.717, 1.165) is 41.8 Å². The normalized spacial score (nSPS) is 15.5. The third-order valence-corrected chi connectivity index (χ3v) is 5.56. The molecule has 3 aromatic rings. The van der Waals surface area contributed by atoms with Crippen molar-refractivity contribution in [3.8, 4) is 0 Å². The first-order valence-electron chi connectivity index (χ1n) is 11.0. The Balaban J connectivity index is 1.45. The number of carbonyl (C=O) groups excluding carboxylic acids is 2. The molecule has 0 bridgehead atoms. The molecule has 4 rings (SSSR count). The summed E-state index contributed by atoms with van der Waals surface area (Å²) in [5, 5.41) is 2.94. The highest BCUT2D eigenvalue weighted by Gasteiger charge is 2.21. The van der Waals surface area contributed by atoms with Crippen molar-refractivity contribution in [2.75, 3.05) is 18.1 Å². The van der Waals surface area contributed by atoms with Crippen molar-refractivity contribution in [2.24, 2.45) is 0 Å². The van der Waals surface area contributed by atoms with Crippen molar-refractivity contribution < 1.29 is 18.7 Å². The van der Waals surface area contributed by atoms with Crippen LogP contribution in [0.3, 0.4) is 0 Å². The van der Waals surface area contributed by atoms with Crippen LogP contribution in [-0.4, -0.2) is 31.1 Å². The lowest BCUT2D eigenvalue weighted by Crippen LogP contribution is -2.32. The maximum absolute atomic E-state index is 13.1. The molecule has 0 spiro atoms. The van der Waals surface area contributed by atoms with Crippen molar-refractivity contribution in [3.05, 3.63) is 89.4 Å². The Labute approximate surface area is 188 Å². The molecule has 166 valence electrons. The van der Waals surface area contributed by atoms with E-state index in [-0.39, 0.29) is 30.1 Å². The molecule has 2 aromatic carbocycles. The van der Waals surface area contributed by atoms with E-state index in [1.165, 1.54) is 6.26 Å². The standard InChI is InChI=1S/C26H28N2O4/c1-19-5-2-6-21(15-19)18-28(26(30)24-8-4-14-32-24)22-11-9-20(10-12-22)16-25(29)27-17-23-7-3-13-31-23/h2,4-6,8-12,14-15,23H,3,7,13,16-18H2,1H3,(H,27,29). The predicted molar refractivity (Wildman–Crippen MR) is 123 cm³/mol.